The fourth-order valence-electron chi connectivity index (χ4n) is 2.38. The van der Waals surface area contributed by atoms with E-state index in [-0.39, 0.29) is 11.7 Å². The summed E-state index contributed by atoms with van der Waals surface area (Å²) < 4.78 is 28.3. The van der Waals surface area contributed by atoms with Crippen molar-refractivity contribution in [3.63, 3.8) is 0 Å². The molecular weight excluding hydrogens is 266 g/mol. The summed E-state index contributed by atoms with van der Waals surface area (Å²) >= 11 is 1.83. The second-order valence-electron chi connectivity index (χ2n) is 5.04. The fraction of sp³-hybridized carbons (Fsp3) is 0.571. The quantitative estimate of drug-likeness (QED) is 0.926. The van der Waals surface area contributed by atoms with E-state index in [4.69, 9.17) is 5.73 Å². The Morgan fingerprint density at radius 3 is 2.58 bits per heavy atom. The normalized spacial score (nSPS) is 18.2. The van der Waals surface area contributed by atoms with Crippen molar-refractivity contribution >= 4 is 17.4 Å². The number of rotatable bonds is 3. The van der Waals surface area contributed by atoms with Gasteiger partial charge in [-0.3, -0.25) is 0 Å². The van der Waals surface area contributed by atoms with Crippen LogP contribution < -0.4 is 10.6 Å². The highest BCUT2D eigenvalue weighted by Gasteiger charge is 2.19. The van der Waals surface area contributed by atoms with Crippen molar-refractivity contribution in [3.8, 4) is 0 Å². The van der Waals surface area contributed by atoms with E-state index in [0.717, 1.165) is 17.9 Å². The number of hydrogen-bond acceptors (Lipinski definition) is 3. The van der Waals surface area contributed by atoms with E-state index in [1.54, 1.807) is 0 Å². The number of thioether (sulfide) groups is 1. The monoisotopic (exact) mass is 286 g/mol. The Labute approximate surface area is 117 Å². The number of nitrogens with two attached hydrogens (primary N) is 1. The summed E-state index contributed by atoms with van der Waals surface area (Å²) in [6, 6.07) is 2.74. The number of anilines is 1. The van der Waals surface area contributed by atoms with Gasteiger partial charge >= 0.3 is 0 Å². The van der Waals surface area contributed by atoms with Gasteiger partial charge in [-0.25, -0.2) is 8.78 Å². The average Bonchev–Trinajstić information content (AvgIpc) is 2.56. The average molecular weight is 286 g/mol. The third kappa shape index (κ3) is 3.83. The van der Waals surface area contributed by atoms with Crippen LogP contribution in [0.15, 0.2) is 12.1 Å². The molecule has 1 atom stereocenters. The molecule has 1 heterocycles. The minimum atomic E-state index is -0.470. The molecule has 106 valence electrons. The zero-order valence-electron chi connectivity index (χ0n) is 11.2. The highest BCUT2D eigenvalue weighted by atomic mass is 32.2. The Morgan fingerprint density at radius 2 is 1.95 bits per heavy atom. The molecule has 2 rings (SSSR count). The number of hydrogen-bond donors (Lipinski definition) is 1. The predicted octanol–water partition coefficient (Wildman–Crippen LogP) is 2.80. The molecule has 0 bridgehead atoms. The molecule has 0 radical (unpaired) electrons. The standard InChI is InChI=1S/C14H20F2N2S/c1-10(17)7-11-8-12(15)14(13(16)9-11)18-3-2-5-19-6-4-18/h8-10H,2-7,17H2,1H3. The van der Waals surface area contributed by atoms with Gasteiger partial charge in [0.2, 0.25) is 0 Å². The van der Waals surface area contributed by atoms with Gasteiger partial charge in [-0.2, -0.15) is 11.8 Å². The minimum Gasteiger partial charge on any atom is -0.366 e. The molecule has 1 aromatic carbocycles. The summed E-state index contributed by atoms with van der Waals surface area (Å²) in [6.07, 6.45) is 1.45. The maximum atomic E-state index is 14.1. The molecule has 2 N–H and O–H groups in total. The van der Waals surface area contributed by atoms with E-state index < -0.39 is 11.6 Å². The Morgan fingerprint density at radius 1 is 1.26 bits per heavy atom. The third-order valence-electron chi connectivity index (χ3n) is 3.17. The van der Waals surface area contributed by atoms with Gasteiger partial charge in [0.1, 0.15) is 17.3 Å². The molecule has 19 heavy (non-hydrogen) atoms. The van der Waals surface area contributed by atoms with E-state index in [1.165, 1.54) is 12.1 Å². The van der Waals surface area contributed by atoms with Crippen LogP contribution in [0.4, 0.5) is 14.5 Å². The summed E-state index contributed by atoms with van der Waals surface area (Å²) in [5, 5.41) is 0. The van der Waals surface area contributed by atoms with Crippen LogP contribution >= 0.6 is 11.8 Å². The second-order valence-corrected chi connectivity index (χ2v) is 6.27. The zero-order valence-corrected chi connectivity index (χ0v) is 12.0. The van der Waals surface area contributed by atoms with Crippen LogP contribution in [0, 0.1) is 11.6 Å². The van der Waals surface area contributed by atoms with E-state index in [0.29, 0.717) is 25.1 Å². The van der Waals surface area contributed by atoms with Crippen LogP contribution in [0.25, 0.3) is 0 Å². The number of halogens is 2. The first-order valence-electron chi connectivity index (χ1n) is 6.64. The molecule has 0 aromatic heterocycles. The van der Waals surface area contributed by atoms with Gasteiger partial charge in [-0.1, -0.05) is 0 Å². The van der Waals surface area contributed by atoms with Crippen molar-refractivity contribution in [2.75, 3.05) is 29.5 Å². The lowest BCUT2D eigenvalue weighted by molar-refractivity contribution is 0.567. The van der Waals surface area contributed by atoms with Gasteiger partial charge < -0.3 is 10.6 Å². The van der Waals surface area contributed by atoms with Crippen molar-refractivity contribution in [2.24, 2.45) is 5.73 Å². The molecule has 1 aliphatic heterocycles. The van der Waals surface area contributed by atoms with Crippen molar-refractivity contribution in [1.82, 2.24) is 0 Å². The first-order chi connectivity index (χ1) is 9.08. The molecule has 0 aliphatic carbocycles. The molecule has 5 heteroatoms. The Hall–Kier alpha value is -0.810. The Bertz CT molecular complexity index is 406. The molecular formula is C14H20F2N2S. The van der Waals surface area contributed by atoms with Crippen LogP contribution in [-0.4, -0.2) is 30.6 Å². The van der Waals surface area contributed by atoms with Crippen LogP contribution in [0.3, 0.4) is 0 Å². The van der Waals surface area contributed by atoms with Gasteiger partial charge in [0.05, 0.1) is 0 Å². The van der Waals surface area contributed by atoms with Gasteiger partial charge in [0.25, 0.3) is 0 Å². The van der Waals surface area contributed by atoms with E-state index in [2.05, 4.69) is 0 Å². The van der Waals surface area contributed by atoms with Crippen molar-refractivity contribution in [2.45, 2.75) is 25.8 Å². The summed E-state index contributed by atoms with van der Waals surface area (Å²) in [5.41, 5.74) is 6.41. The lowest BCUT2D eigenvalue weighted by Crippen LogP contribution is -2.27. The molecule has 0 amide bonds. The molecule has 1 aliphatic rings. The smallest absolute Gasteiger partial charge is 0.149 e. The summed E-state index contributed by atoms with van der Waals surface area (Å²) in [7, 11) is 0. The topological polar surface area (TPSA) is 29.3 Å². The van der Waals surface area contributed by atoms with Crippen molar-refractivity contribution < 1.29 is 8.78 Å². The third-order valence-corrected chi connectivity index (χ3v) is 4.22. The number of nitrogens with zero attached hydrogens (tertiary/aromatic N) is 1. The summed E-state index contributed by atoms with van der Waals surface area (Å²) in [5.74, 6) is 1.04. The lowest BCUT2D eigenvalue weighted by Gasteiger charge is -2.24. The largest absolute Gasteiger partial charge is 0.366 e. The van der Waals surface area contributed by atoms with Crippen molar-refractivity contribution in [1.29, 1.82) is 0 Å². The van der Waals surface area contributed by atoms with Gasteiger partial charge in [-0.15, -0.1) is 0 Å². The maximum absolute atomic E-state index is 14.1. The minimum absolute atomic E-state index is 0.0979. The van der Waals surface area contributed by atoms with E-state index >= 15 is 0 Å². The number of benzene rings is 1. The first kappa shape index (κ1) is 14.6. The highest BCUT2D eigenvalue weighted by Crippen LogP contribution is 2.27. The highest BCUT2D eigenvalue weighted by molar-refractivity contribution is 7.99. The van der Waals surface area contributed by atoms with Crippen LogP contribution in [0.5, 0.6) is 0 Å². The zero-order chi connectivity index (χ0) is 13.8. The molecule has 1 unspecified atom stereocenters. The van der Waals surface area contributed by atoms with Gasteiger partial charge in [0.15, 0.2) is 0 Å². The SMILES string of the molecule is CC(N)Cc1cc(F)c(N2CCCSCC2)c(F)c1. The van der Waals surface area contributed by atoms with E-state index in [9.17, 15) is 8.78 Å². The summed E-state index contributed by atoms with van der Waals surface area (Å²) in [4.78, 5) is 1.82. The molecule has 0 spiro atoms. The van der Waals surface area contributed by atoms with Crippen LogP contribution in [-0.2, 0) is 6.42 Å². The Balaban J connectivity index is 2.24. The molecule has 1 aromatic rings. The van der Waals surface area contributed by atoms with Crippen LogP contribution in [0.2, 0.25) is 0 Å². The van der Waals surface area contributed by atoms with Crippen LogP contribution in [0.1, 0.15) is 18.9 Å². The first-order valence-corrected chi connectivity index (χ1v) is 7.79. The lowest BCUT2D eigenvalue weighted by atomic mass is 10.1. The molecule has 2 nitrogen and oxygen atoms in total. The predicted molar refractivity (Wildman–Crippen MR) is 77.9 cm³/mol. The fourth-order valence-corrected chi connectivity index (χ4v) is 3.27. The molecule has 1 fully saturated rings. The maximum Gasteiger partial charge on any atom is 0.149 e. The summed E-state index contributed by atoms with van der Waals surface area (Å²) in [6.45, 7) is 3.24. The van der Waals surface area contributed by atoms with Gasteiger partial charge in [-0.05, 0) is 43.2 Å². The molecule has 1 saturated heterocycles. The Kier molecular flexibility index (Phi) is 5.05. The van der Waals surface area contributed by atoms with Gasteiger partial charge in [0, 0.05) is 24.9 Å². The second kappa shape index (κ2) is 6.57. The molecule has 0 saturated carbocycles. The van der Waals surface area contributed by atoms with E-state index in [1.807, 2.05) is 23.6 Å². The van der Waals surface area contributed by atoms with Crippen molar-refractivity contribution in [3.05, 3.63) is 29.3 Å².